The molecule has 0 aliphatic heterocycles. The molecule has 2 N–H and O–H groups in total. The number of rotatable bonds is 6. The predicted octanol–water partition coefficient (Wildman–Crippen LogP) is 3.05. The number of nitrogens with zero attached hydrogens (tertiary/aromatic N) is 2. The second-order valence-corrected chi connectivity index (χ2v) is 6.41. The Balaban J connectivity index is 1.91. The number of benzene rings is 1. The van der Waals surface area contributed by atoms with E-state index in [9.17, 15) is 14.7 Å². The Kier molecular flexibility index (Phi) is 5.12. The van der Waals surface area contributed by atoms with E-state index in [-0.39, 0.29) is 11.1 Å². The molecular weight excluding hydrogens is 346 g/mol. The van der Waals surface area contributed by atoms with Gasteiger partial charge < -0.3 is 15.1 Å². The number of pyridine rings is 1. The average Bonchev–Trinajstić information content (AvgIpc) is 3.02. The van der Waals surface area contributed by atoms with Crippen LogP contribution in [0.5, 0.6) is 0 Å². The van der Waals surface area contributed by atoms with Gasteiger partial charge in [-0.2, -0.15) is 0 Å². The Morgan fingerprint density at radius 3 is 2.63 bits per heavy atom. The van der Waals surface area contributed by atoms with Crippen molar-refractivity contribution in [2.45, 2.75) is 33.2 Å². The van der Waals surface area contributed by atoms with Crippen LogP contribution < -0.4 is 11.0 Å². The zero-order chi connectivity index (χ0) is 19.6. The van der Waals surface area contributed by atoms with Crippen LogP contribution in [0.15, 0.2) is 51.9 Å². The molecule has 3 aromatic rings. The van der Waals surface area contributed by atoms with E-state index in [4.69, 9.17) is 4.52 Å². The summed E-state index contributed by atoms with van der Waals surface area (Å²) < 4.78 is 6.63. The Hall–Kier alpha value is -3.35. The van der Waals surface area contributed by atoms with Crippen LogP contribution in [0.25, 0.3) is 11.3 Å². The monoisotopic (exact) mass is 367 g/mol. The van der Waals surface area contributed by atoms with Crippen LogP contribution in [0.2, 0.25) is 0 Å². The maximum atomic E-state index is 12.7. The van der Waals surface area contributed by atoms with E-state index in [1.807, 2.05) is 37.3 Å². The van der Waals surface area contributed by atoms with E-state index in [0.29, 0.717) is 23.6 Å². The Morgan fingerprint density at radius 2 is 1.96 bits per heavy atom. The Morgan fingerprint density at radius 1 is 1.26 bits per heavy atom. The quantitative estimate of drug-likeness (QED) is 0.695. The molecule has 0 saturated heterocycles. The number of nitrogens with one attached hydrogen (secondary N) is 1. The number of carbonyl (C=O) groups is 1. The highest BCUT2D eigenvalue weighted by molar-refractivity contribution is 5.75. The van der Waals surface area contributed by atoms with Gasteiger partial charge in [-0.3, -0.25) is 9.59 Å². The van der Waals surface area contributed by atoms with Crippen LogP contribution in [-0.2, 0) is 11.3 Å². The highest BCUT2D eigenvalue weighted by atomic mass is 16.5. The first-order valence-corrected chi connectivity index (χ1v) is 8.59. The molecule has 2 heterocycles. The lowest BCUT2D eigenvalue weighted by Gasteiger charge is -2.15. The van der Waals surface area contributed by atoms with Crippen LogP contribution in [0, 0.1) is 13.8 Å². The van der Waals surface area contributed by atoms with Crippen LogP contribution in [0.3, 0.4) is 0 Å². The van der Waals surface area contributed by atoms with E-state index in [2.05, 4.69) is 10.6 Å². The molecule has 3 rings (SSSR count). The predicted molar refractivity (Wildman–Crippen MR) is 101 cm³/mol. The van der Waals surface area contributed by atoms with Crippen molar-refractivity contribution >= 4 is 5.97 Å². The lowest BCUT2D eigenvalue weighted by molar-refractivity contribution is -0.138. The van der Waals surface area contributed by atoms with Crippen molar-refractivity contribution in [2.24, 2.45) is 0 Å². The molecule has 7 nitrogen and oxygen atoms in total. The maximum absolute atomic E-state index is 12.7. The molecule has 1 unspecified atom stereocenters. The standard InChI is InChI=1S/C20H21N3O4/c1-12-9-10-23(19(24)17(12)13(2)20(25)26)21-11-16-14(3)27-22-18(16)15-7-5-4-6-8-15/h4-10,13,21H,11H2,1-3H3,(H,25,26). The van der Waals surface area contributed by atoms with Gasteiger partial charge in [0.05, 0.1) is 12.5 Å². The number of aromatic nitrogens is 2. The van der Waals surface area contributed by atoms with Crippen LogP contribution in [0.4, 0.5) is 0 Å². The smallest absolute Gasteiger partial charge is 0.310 e. The third kappa shape index (κ3) is 3.62. The molecule has 1 aromatic carbocycles. The largest absolute Gasteiger partial charge is 0.481 e. The van der Waals surface area contributed by atoms with Crippen LogP contribution >= 0.6 is 0 Å². The summed E-state index contributed by atoms with van der Waals surface area (Å²) in [6.07, 6.45) is 1.60. The molecule has 0 saturated carbocycles. The van der Waals surface area contributed by atoms with Crippen molar-refractivity contribution in [3.05, 3.63) is 75.4 Å². The highest BCUT2D eigenvalue weighted by Gasteiger charge is 2.21. The van der Waals surface area contributed by atoms with Gasteiger partial charge in [-0.15, -0.1) is 0 Å². The van der Waals surface area contributed by atoms with Crippen molar-refractivity contribution in [1.82, 2.24) is 9.83 Å². The molecule has 2 aromatic heterocycles. The topological polar surface area (TPSA) is 97.4 Å². The summed E-state index contributed by atoms with van der Waals surface area (Å²) in [6, 6.07) is 11.4. The van der Waals surface area contributed by atoms with Gasteiger partial charge in [-0.1, -0.05) is 35.5 Å². The van der Waals surface area contributed by atoms with E-state index in [1.54, 1.807) is 19.2 Å². The van der Waals surface area contributed by atoms with Crippen molar-refractivity contribution < 1.29 is 14.4 Å². The highest BCUT2D eigenvalue weighted by Crippen LogP contribution is 2.25. The summed E-state index contributed by atoms with van der Waals surface area (Å²) >= 11 is 0. The van der Waals surface area contributed by atoms with E-state index in [1.165, 1.54) is 11.6 Å². The molecule has 0 amide bonds. The van der Waals surface area contributed by atoms with E-state index in [0.717, 1.165) is 11.1 Å². The molecule has 0 fully saturated rings. The summed E-state index contributed by atoms with van der Waals surface area (Å²) in [5.74, 6) is -1.27. The van der Waals surface area contributed by atoms with Crippen molar-refractivity contribution in [3.8, 4) is 11.3 Å². The van der Waals surface area contributed by atoms with Gasteiger partial charge in [0, 0.05) is 22.9 Å². The lowest BCUT2D eigenvalue weighted by atomic mass is 9.98. The van der Waals surface area contributed by atoms with Gasteiger partial charge in [0.2, 0.25) is 0 Å². The molecule has 7 heteroatoms. The zero-order valence-corrected chi connectivity index (χ0v) is 15.4. The molecule has 1 atom stereocenters. The average molecular weight is 367 g/mol. The molecule has 0 radical (unpaired) electrons. The summed E-state index contributed by atoms with van der Waals surface area (Å²) in [4.78, 5) is 24.1. The number of aliphatic carboxylic acids is 1. The maximum Gasteiger partial charge on any atom is 0.310 e. The second kappa shape index (κ2) is 7.49. The Bertz CT molecular complexity index is 1020. The number of carboxylic acids is 1. The van der Waals surface area contributed by atoms with Crippen molar-refractivity contribution in [1.29, 1.82) is 0 Å². The number of carboxylic acid groups (broad SMARTS) is 1. The minimum absolute atomic E-state index is 0.267. The molecule has 0 aliphatic rings. The molecule has 0 aliphatic carbocycles. The lowest BCUT2D eigenvalue weighted by Crippen LogP contribution is -2.33. The van der Waals surface area contributed by atoms with Crippen molar-refractivity contribution in [3.63, 3.8) is 0 Å². The second-order valence-electron chi connectivity index (χ2n) is 6.41. The minimum atomic E-state index is -1.03. The van der Waals surface area contributed by atoms with Gasteiger partial charge in [0.15, 0.2) is 0 Å². The summed E-state index contributed by atoms with van der Waals surface area (Å²) in [5, 5.41) is 13.4. The molecule has 0 bridgehead atoms. The Labute approximate surface area is 156 Å². The third-order valence-electron chi connectivity index (χ3n) is 4.61. The molecule has 140 valence electrons. The minimum Gasteiger partial charge on any atom is -0.481 e. The summed E-state index contributed by atoms with van der Waals surface area (Å²) in [6.45, 7) is 5.36. The molecule has 27 heavy (non-hydrogen) atoms. The van der Waals surface area contributed by atoms with Gasteiger partial charge in [0.1, 0.15) is 11.5 Å². The SMILES string of the molecule is Cc1ccn(NCc2c(-c3ccccc3)noc2C)c(=O)c1C(C)C(=O)O. The summed E-state index contributed by atoms with van der Waals surface area (Å²) in [5.41, 5.74) is 6.04. The normalized spacial score (nSPS) is 12.0. The van der Waals surface area contributed by atoms with Gasteiger partial charge in [-0.25, -0.2) is 4.68 Å². The fourth-order valence-corrected chi connectivity index (χ4v) is 3.00. The van der Waals surface area contributed by atoms with Crippen molar-refractivity contribution in [2.75, 3.05) is 5.43 Å². The fourth-order valence-electron chi connectivity index (χ4n) is 3.00. The van der Waals surface area contributed by atoms with Crippen LogP contribution in [0.1, 0.15) is 35.3 Å². The molecular formula is C20H21N3O4. The third-order valence-corrected chi connectivity index (χ3v) is 4.61. The zero-order valence-electron chi connectivity index (χ0n) is 15.4. The summed E-state index contributed by atoms with van der Waals surface area (Å²) in [7, 11) is 0. The van der Waals surface area contributed by atoms with Gasteiger partial charge in [-0.05, 0) is 32.4 Å². The first-order valence-electron chi connectivity index (χ1n) is 8.59. The van der Waals surface area contributed by atoms with E-state index < -0.39 is 11.9 Å². The number of hydrogen-bond acceptors (Lipinski definition) is 5. The number of hydrogen-bond donors (Lipinski definition) is 2. The van der Waals surface area contributed by atoms with E-state index >= 15 is 0 Å². The fraction of sp³-hybridized carbons (Fsp3) is 0.250. The van der Waals surface area contributed by atoms with Gasteiger partial charge >= 0.3 is 5.97 Å². The first kappa shape index (κ1) is 18.4. The van der Waals surface area contributed by atoms with Gasteiger partial charge in [0.25, 0.3) is 5.56 Å². The number of aryl methyl sites for hydroxylation is 2. The first-order chi connectivity index (χ1) is 12.9. The molecule has 0 spiro atoms. The van der Waals surface area contributed by atoms with Crippen LogP contribution in [-0.4, -0.2) is 20.9 Å².